The third kappa shape index (κ3) is 13.6. The minimum atomic E-state index is -2.07. The number of hydrogen-bond donors (Lipinski definition) is 5. The van der Waals surface area contributed by atoms with Crippen LogP contribution < -0.4 is 26.8 Å². The zero-order chi connectivity index (χ0) is 59.2. The Morgan fingerprint density at radius 1 is 0.878 bits per heavy atom. The van der Waals surface area contributed by atoms with Crippen LogP contribution in [-0.2, 0) is 89.0 Å². The van der Waals surface area contributed by atoms with E-state index in [0.29, 0.717) is 71.1 Å². The van der Waals surface area contributed by atoms with E-state index in [0.717, 1.165) is 10.5 Å². The molecule has 0 spiro atoms. The molecule has 3 aliphatic heterocycles. The molecule has 4 atom stereocenters. The number of unbranched alkanes of at least 4 members (excludes halogenated alkanes) is 2. The van der Waals surface area contributed by atoms with Crippen LogP contribution in [0.15, 0.2) is 59.4 Å². The summed E-state index contributed by atoms with van der Waals surface area (Å²) in [4.78, 5) is 150. The number of hydrogen-bond acceptors (Lipinski definition) is 15. The van der Waals surface area contributed by atoms with Crippen molar-refractivity contribution >= 4 is 69.9 Å². The number of ketones is 2. The van der Waals surface area contributed by atoms with Crippen LogP contribution in [0, 0.1) is 18.7 Å². The largest absolute Gasteiger partial charge is 0.460 e. The standard InChI is InChI=1S/C60H68FN7O14/c1-6-60(80)40-27-45-55-38(31-68(45)57(78)39(40)32-81-58(60)79)54-43(17-16-37-33(2)41(61)28-44(66-55)53(37)54)65-49(73)30-63-56(77)35(25-34-13-9-7-10-14-34)26-36(69)29-62-47(71)20-19-46(70)42(18-23-52(76)82-59(3,4)5)64-48(72)15-11-8-12-24-67-50(74)21-22-51(67)75/h7,9-10,13-14,21-22,27-28,35,42-43,80H,6,8,11-12,15-20,23-26,29-32H2,1-5H3,(H,62,71)(H,63,77)(H,64,72)(H,65,73)/t35-,42+,43+,60+/m1/s1. The summed E-state index contributed by atoms with van der Waals surface area (Å²) in [5.41, 5.74) is 0.877. The molecule has 4 aromatic rings. The maximum atomic E-state index is 15.5. The number of imide groups is 1. The summed E-state index contributed by atoms with van der Waals surface area (Å²) in [6.45, 7) is 7.25. The number of amides is 6. The van der Waals surface area contributed by atoms with Gasteiger partial charge in [0.15, 0.2) is 17.2 Å². The maximum absolute atomic E-state index is 15.5. The van der Waals surface area contributed by atoms with Crippen LogP contribution in [0.5, 0.6) is 0 Å². The lowest BCUT2D eigenvalue weighted by Crippen LogP contribution is -2.44. The number of cyclic esters (lactones) is 1. The van der Waals surface area contributed by atoms with E-state index in [2.05, 4.69) is 21.3 Å². The highest BCUT2D eigenvalue weighted by molar-refractivity contribution is 6.12. The minimum Gasteiger partial charge on any atom is -0.460 e. The summed E-state index contributed by atoms with van der Waals surface area (Å²) in [6, 6.07) is 9.94. The molecule has 0 fully saturated rings. The summed E-state index contributed by atoms with van der Waals surface area (Å²) in [5, 5.41) is 23.0. The average molecular weight is 1130 g/mol. The molecule has 5 heterocycles. The number of benzene rings is 2. The number of pyridine rings is 2. The Labute approximate surface area is 472 Å². The highest BCUT2D eigenvalue weighted by Crippen LogP contribution is 2.46. The molecule has 6 amide bonds. The molecule has 1 aliphatic carbocycles. The number of ether oxygens (including phenoxy) is 2. The topological polar surface area (TPSA) is 296 Å². The fourth-order valence-corrected chi connectivity index (χ4v) is 11.1. The molecule has 8 rings (SSSR count). The SMILES string of the molecule is CC[C@@]1(O)C(=O)OCc2c1cc1n(c2=O)Cc2c-1nc1cc(F)c(C)c3c1c2[C@@H](NC(=O)CNC(=O)[C@@H](CC(=O)CNC(=O)CCC(=O)[C@H](CCC(=O)OC(C)(C)C)NC(=O)CCCCCN1C(=O)C=CC1=O)Cc1ccccc1)CC3. The van der Waals surface area contributed by atoms with Gasteiger partial charge in [-0.15, -0.1) is 0 Å². The fraction of sp³-hybridized carbons (Fsp3) is 0.467. The van der Waals surface area contributed by atoms with Gasteiger partial charge in [-0.25, -0.2) is 14.2 Å². The first kappa shape index (κ1) is 59.8. The Balaban J connectivity index is 0.880. The van der Waals surface area contributed by atoms with Gasteiger partial charge in [0.2, 0.25) is 23.6 Å². The number of fused-ring (bicyclic) bond motifs is 5. The highest BCUT2D eigenvalue weighted by Gasteiger charge is 2.46. The molecule has 0 saturated carbocycles. The number of nitrogens with zero attached hydrogens (tertiary/aromatic N) is 3. The van der Waals surface area contributed by atoms with Crippen molar-refractivity contribution in [1.29, 1.82) is 0 Å². The van der Waals surface area contributed by atoms with E-state index < -0.39 is 113 Å². The first-order valence-electron chi connectivity index (χ1n) is 27.7. The van der Waals surface area contributed by atoms with E-state index in [-0.39, 0.29) is 87.7 Å². The quantitative estimate of drug-likeness (QED) is 0.0312. The second kappa shape index (κ2) is 25.3. The lowest BCUT2D eigenvalue weighted by atomic mass is 9.81. The molecule has 0 radical (unpaired) electrons. The smallest absolute Gasteiger partial charge is 0.343 e. The Bertz CT molecular complexity index is 3350. The van der Waals surface area contributed by atoms with Crippen molar-refractivity contribution in [2.75, 3.05) is 19.6 Å². The number of Topliss-reactive ketones (excluding diaryl/α,β-unsaturated/α-hetero) is 2. The highest BCUT2D eigenvalue weighted by atomic mass is 19.1. The molecular formula is C60H68FN7O14. The summed E-state index contributed by atoms with van der Waals surface area (Å²) < 4.78 is 27.6. The fourth-order valence-electron chi connectivity index (χ4n) is 11.1. The lowest BCUT2D eigenvalue weighted by Gasteiger charge is -2.31. The zero-order valence-corrected chi connectivity index (χ0v) is 46.6. The third-order valence-corrected chi connectivity index (χ3v) is 15.4. The molecule has 0 unspecified atom stereocenters. The van der Waals surface area contributed by atoms with Crippen molar-refractivity contribution in [3.8, 4) is 11.4 Å². The van der Waals surface area contributed by atoms with E-state index in [1.54, 1.807) is 71.0 Å². The molecule has 4 aliphatic rings. The number of aromatic nitrogens is 2. The molecule has 22 heteroatoms. The summed E-state index contributed by atoms with van der Waals surface area (Å²) >= 11 is 0. The van der Waals surface area contributed by atoms with Crippen molar-refractivity contribution in [3.05, 3.63) is 110 Å². The van der Waals surface area contributed by atoms with E-state index in [1.807, 2.05) is 0 Å². The second-order valence-corrected chi connectivity index (χ2v) is 22.3. The molecule has 5 N–H and O–H groups in total. The Kier molecular flexibility index (Phi) is 18.4. The van der Waals surface area contributed by atoms with Crippen LogP contribution in [0.2, 0.25) is 0 Å². The molecule has 21 nitrogen and oxygen atoms in total. The van der Waals surface area contributed by atoms with Crippen molar-refractivity contribution in [2.45, 2.75) is 155 Å². The van der Waals surface area contributed by atoms with Gasteiger partial charge in [-0.2, -0.15) is 0 Å². The predicted molar refractivity (Wildman–Crippen MR) is 293 cm³/mol. The van der Waals surface area contributed by atoms with Gasteiger partial charge in [0, 0.05) is 79.3 Å². The summed E-state index contributed by atoms with van der Waals surface area (Å²) in [5.74, 6) is -7.09. The average Bonchev–Trinajstić information content (AvgIpc) is 2.59. The zero-order valence-electron chi connectivity index (χ0n) is 46.6. The van der Waals surface area contributed by atoms with Gasteiger partial charge in [-0.3, -0.25) is 52.8 Å². The molecule has 434 valence electrons. The van der Waals surface area contributed by atoms with Crippen LogP contribution in [0.3, 0.4) is 0 Å². The first-order chi connectivity index (χ1) is 39.0. The number of carbonyl (C=O) groups excluding carboxylic acids is 10. The van der Waals surface area contributed by atoms with Crippen molar-refractivity contribution in [3.63, 3.8) is 0 Å². The van der Waals surface area contributed by atoms with Crippen LogP contribution in [-0.4, -0.2) is 110 Å². The van der Waals surface area contributed by atoms with Gasteiger partial charge < -0.3 is 40.4 Å². The van der Waals surface area contributed by atoms with E-state index in [1.165, 1.54) is 22.8 Å². The number of rotatable bonds is 25. The van der Waals surface area contributed by atoms with Crippen molar-refractivity contribution in [1.82, 2.24) is 35.7 Å². The van der Waals surface area contributed by atoms with Gasteiger partial charge in [0.05, 0.1) is 54.2 Å². The van der Waals surface area contributed by atoms with Crippen LogP contribution in [0.4, 0.5) is 4.39 Å². The molecule has 0 bridgehead atoms. The number of halogens is 1. The predicted octanol–water partition coefficient (Wildman–Crippen LogP) is 4.12. The monoisotopic (exact) mass is 1130 g/mol. The van der Waals surface area contributed by atoms with Gasteiger partial charge >= 0.3 is 11.9 Å². The Morgan fingerprint density at radius 2 is 1.61 bits per heavy atom. The van der Waals surface area contributed by atoms with E-state index >= 15 is 4.39 Å². The van der Waals surface area contributed by atoms with Gasteiger partial charge in [0.25, 0.3) is 17.4 Å². The first-order valence-corrected chi connectivity index (χ1v) is 27.7. The lowest BCUT2D eigenvalue weighted by molar-refractivity contribution is -0.172. The minimum absolute atomic E-state index is 0.0193. The molecule has 82 heavy (non-hydrogen) atoms. The normalized spacial score (nSPS) is 17.5. The van der Waals surface area contributed by atoms with Crippen LogP contribution in [0.1, 0.15) is 143 Å². The maximum Gasteiger partial charge on any atom is 0.343 e. The van der Waals surface area contributed by atoms with Gasteiger partial charge in [0.1, 0.15) is 18.0 Å². The van der Waals surface area contributed by atoms with E-state index in [9.17, 15) is 57.8 Å². The van der Waals surface area contributed by atoms with Gasteiger partial charge in [-0.1, -0.05) is 43.7 Å². The Hall–Kier alpha value is -8.27. The summed E-state index contributed by atoms with van der Waals surface area (Å²) in [6.07, 6.45) is 3.19. The molecule has 2 aromatic heterocycles. The van der Waals surface area contributed by atoms with Gasteiger partial charge in [-0.05, 0) is 101 Å². The number of aryl methyl sites for hydroxylation is 1. The van der Waals surface area contributed by atoms with E-state index in [4.69, 9.17) is 14.5 Å². The number of nitrogens with one attached hydrogen (secondary N) is 4. The molecule has 2 aromatic carbocycles. The van der Waals surface area contributed by atoms with Crippen molar-refractivity contribution in [2.24, 2.45) is 5.92 Å². The number of aliphatic hydroxyl groups is 1. The van der Waals surface area contributed by atoms with Crippen LogP contribution in [0.25, 0.3) is 22.3 Å². The Morgan fingerprint density at radius 3 is 2.32 bits per heavy atom. The number of carbonyl (C=O) groups is 10. The van der Waals surface area contributed by atoms with Crippen LogP contribution >= 0.6 is 0 Å². The second-order valence-electron chi connectivity index (χ2n) is 22.3. The molecular weight excluding hydrogens is 1060 g/mol. The third-order valence-electron chi connectivity index (χ3n) is 15.4. The summed E-state index contributed by atoms with van der Waals surface area (Å²) in [7, 11) is 0. The molecule has 0 saturated heterocycles. The van der Waals surface area contributed by atoms with Crippen molar-refractivity contribution < 1.29 is 66.9 Å². The number of esters is 2.